The van der Waals surface area contributed by atoms with E-state index < -0.39 is 0 Å². The van der Waals surface area contributed by atoms with Gasteiger partial charge in [-0.2, -0.15) is 0 Å². The second-order valence-electron chi connectivity index (χ2n) is 6.20. The second kappa shape index (κ2) is 8.89. The summed E-state index contributed by atoms with van der Waals surface area (Å²) in [5.41, 5.74) is 1.36. The zero-order valence-electron chi connectivity index (χ0n) is 15.1. The third-order valence-corrected chi connectivity index (χ3v) is 6.84. The van der Waals surface area contributed by atoms with E-state index in [9.17, 15) is 14.0 Å². The van der Waals surface area contributed by atoms with E-state index in [-0.39, 0.29) is 29.1 Å². The molecule has 3 heterocycles. The number of hydrogen-bond donors (Lipinski definition) is 1. The van der Waals surface area contributed by atoms with Crippen LogP contribution in [0.25, 0.3) is 4.96 Å². The number of fused-ring (bicyclic) bond motifs is 1. The molecule has 9 heteroatoms. The summed E-state index contributed by atoms with van der Waals surface area (Å²) in [5.74, 6) is 0.254. The quantitative estimate of drug-likeness (QED) is 0.465. The van der Waals surface area contributed by atoms with Crippen LogP contribution in [-0.2, 0) is 10.5 Å². The van der Waals surface area contributed by atoms with Gasteiger partial charge in [-0.05, 0) is 29.1 Å². The predicted octanol–water partition coefficient (Wildman–Crippen LogP) is 4.10. The van der Waals surface area contributed by atoms with Crippen molar-refractivity contribution in [2.24, 2.45) is 0 Å². The average molecular weight is 446 g/mol. The highest BCUT2D eigenvalue weighted by molar-refractivity contribution is 7.99. The fourth-order valence-corrected chi connectivity index (χ4v) is 5.11. The van der Waals surface area contributed by atoms with Gasteiger partial charge in [0.05, 0.1) is 17.5 Å². The SMILES string of the molecule is O=C(CSCc1cc(=O)n2ccsc2n1)NC(c1ccc(F)cc1)c1cccs1. The molecular weight excluding hydrogens is 429 g/mol. The summed E-state index contributed by atoms with van der Waals surface area (Å²) in [7, 11) is 0. The van der Waals surface area contributed by atoms with Gasteiger partial charge in [-0.15, -0.1) is 34.4 Å². The van der Waals surface area contributed by atoms with E-state index in [0.717, 1.165) is 10.4 Å². The summed E-state index contributed by atoms with van der Waals surface area (Å²) >= 11 is 4.33. The van der Waals surface area contributed by atoms with Gasteiger partial charge in [-0.3, -0.25) is 14.0 Å². The molecule has 148 valence electrons. The van der Waals surface area contributed by atoms with Gasteiger partial charge in [0, 0.05) is 28.3 Å². The van der Waals surface area contributed by atoms with E-state index in [0.29, 0.717) is 16.4 Å². The number of thiazole rings is 1. The Kier molecular flexibility index (Phi) is 6.08. The number of hydrogen-bond acceptors (Lipinski definition) is 6. The number of carbonyl (C=O) groups excluding carboxylic acids is 1. The van der Waals surface area contributed by atoms with Crippen molar-refractivity contribution in [3.63, 3.8) is 0 Å². The number of thiophene rings is 1. The fourth-order valence-electron chi connectivity index (χ4n) is 2.84. The summed E-state index contributed by atoms with van der Waals surface area (Å²) in [5, 5.41) is 6.78. The molecule has 0 saturated heterocycles. The summed E-state index contributed by atoms with van der Waals surface area (Å²) < 4.78 is 14.8. The van der Waals surface area contributed by atoms with Crippen LogP contribution in [-0.4, -0.2) is 21.0 Å². The minimum absolute atomic E-state index is 0.120. The molecule has 5 nitrogen and oxygen atoms in total. The lowest BCUT2D eigenvalue weighted by molar-refractivity contribution is -0.119. The molecule has 0 radical (unpaired) electrons. The maximum absolute atomic E-state index is 13.3. The predicted molar refractivity (Wildman–Crippen MR) is 116 cm³/mol. The molecular formula is C20H16FN3O2S3. The molecule has 29 heavy (non-hydrogen) atoms. The minimum atomic E-state index is -0.325. The Morgan fingerprint density at radius 1 is 1.21 bits per heavy atom. The molecule has 1 unspecified atom stereocenters. The number of halogens is 1. The van der Waals surface area contributed by atoms with Crippen molar-refractivity contribution in [2.45, 2.75) is 11.8 Å². The van der Waals surface area contributed by atoms with Gasteiger partial charge < -0.3 is 5.32 Å². The zero-order chi connectivity index (χ0) is 20.2. The molecule has 0 spiro atoms. The molecule has 0 saturated carbocycles. The van der Waals surface area contributed by atoms with Crippen LogP contribution in [0.15, 0.2) is 64.2 Å². The first-order valence-corrected chi connectivity index (χ1v) is 11.6. The standard InChI is InChI=1S/C20H16FN3O2S3/c21-14-5-3-13(4-6-14)19(16-2-1-8-28-16)23-17(25)12-27-11-15-10-18(26)24-7-9-29-20(24)22-15/h1-10,19H,11-12H2,(H,23,25). The van der Waals surface area contributed by atoms with Crippen LogP contribution in [0.2, 0.25) is 0 Å². The van der Waals surface area contributed by atoms with Crippen molar-refractivity contribution < 1.29 is 9.18 Å². The molecule has 4 rings (SSSR count). The third-order valence-electron chi connectivity index (χ3n) is 4.18. The van der Waals surface area contributed by atoms with Crippen molar-refractivity contribution in [2.75, 3.05) is 5.75 Å². The maximum atomic E-state index is 13.3. The number of benzene rings is 1. The largest absolute Gasteiger partial charge is 0.344 e. The third kappa shape index (κ3) is 4.75. The molecule has 4 aromatic rings. The molecule has 1 aromatic carbocycles. The Morgan fingerprint density at radius 3 is 2.79 bits per heavy atom. The van der Waals surface area contributed by atoms with Crippen molar-refractivity contribution >= 4 is 45.3 Å². The second-order valence-corrected chi connectivity index (χ2v) is 9.04. The van der Waals surface area contributed by atoms with Gasteiger partial charge in [-0.1, -0.05) is 18.2 Å². The fraction of sp³-hybridized carbons (Fsp3) is 0.150. The number of amides is 1. The van der Waals surface area contributed by atoms with Crippen LogP contribution in [0.4, 0.5) is 4.39 Å². The van der Waals surface area contributed by atoms with E-state index in [1.54, 1.807) is 18.3 Å². The topological polar surface area (TPSA) is 63.5 Å². The number of nitrogens with one attached hydrogen (secondary N) is 1. The van der Waals surface area contributed by atoms with E-state index in [1.165, 1.54) is 57.0 Å². The molecule has 1 amide bonds. The van der Waals surface area contributed by atoms with Gasteiger partial charge in [0.25, 0.3) is 5.56 Å². The first kappa shape index (κ1) is 19.8. The maximum Gasteiger partial charge on any atom is 0.258 e. The molecule has 1 N–H and O–H groups in total. The van der Waals surface area contributed by atoms with Crippen LogP contribution in [0.3, 0.4) is 0 Å². The first-order valence-electron chi connectivity index (χ1n) is 8.72. The van der Waals surface area contributed by atoms with Gasteiger partial charge >= 0.3 is 0 Å². The normalized spacial score (nSPS) is 12.2. The number of thioether (sulfide) groups is 1. The molecule has 3 aromatic heterocycles. The zero-order valence-corrected chi connectivity index (χ0v) is 17.5. The van der Waals surface area contributed by atoms with Gasteiger partial charge in [0.15, 0.2) is 4.96 Å². The van der Waals surface area contributed by atoms with E-state index in [2.05, 4.69) is 10.3 Å². The highest BCUT2D eigenvalue weighted by Gasteiger charge is 2.18. The highest BCUT2D eigenvalue weighted by atomic mass is 32.2. The molecule has 0 fully saturated rings. The van der Waals surface area contributed by atoms with Crippen molar-refractivity contribution in [1.82, 2.24) is 14.7 Å². The summed E-state index contributed by atoms with van der Waals surface area (Å²) in [4.78, 5) is 30.6. The minimum Gasteiger partial charge on any atom is -0.344 e. The van der Waals surface area contributed by atoms with E-state index in [4.69, 9.17) is 0 Å². The number of nitrogens with zero attached hydrogens (tertiary/aromatic N) is 2. The van der Waals surface area contributed by atoms with Crippen LogP contribution >= 0.6 is 34.4 Å². The lowest BCUT2D eigenvalue weighted by Crippen LogP contribution is -2.30. The Balaban J connectivity index is 1.40. The van der Waals surface area contributed by atoms with Gasteiger partial charge in [0.2, 0.25) is 5.91 Å². The number of carbonyl (C=O) groups is 1. The van der Waals surface area contributed by atoms with Crippen LogP contribution in [0.1, 0.15) is 22.2 Å². The lowest BCUT2D eigenvalue weighted by Gasteiger charge is -2.18. The van der Waals surface area contributed by atoms with Crippen molar-refractivity contribution in [3.8, 4) is 0 Å². The smallest absolute Gasteiger partial charge is 0.258 e. The van der Waals surface area contributed by atoms with Gasteiger partial charge in [0.1, 0.15) is 5.82 Å². The van der Waals surface area contributed by atoms with Crippen LogP contribution in [0, 0.1) is 5.82 Å². The molecule has 1 atom stereocenters. The van der Waals surface area contributed by atoms with Crippen LogP contribution < -0.4 is 10.9 Å². The Labute approximate surface area is 178 Å². The summed E-state index contributed by atoms with van der Waals surface area (Å²) in [6.07, 6.45) is 1.69. The Morgan fingerprint density at radius 2 is 2.03 bits per heavy atom. The molecule has 0 aliphatic rings. The average Bonchev–Trinajstić information content (AvgIpc) is 3.39. The highest BCUT2D eigenvalue weighted by Crippen LogP contribution is 2.26. The van der Waals surface area contributed by atoms with Crippen molar-refractivity contribution in [1.29, 1.82) is 0 Å². The van der Waals surface area contributed by atoms with E-state index in [1.807, 2.05) is 22.9 Å². The molecule has 0 aliphatic carbocycles. The molecule has 0 aliphatic heterocycles. The van der Waals surface area contributed by atoms with Crippen LogP contribution in [0.5, 0.6) is 0 Å². The Bertz CT molecular complexity index is 1170. The summed E-state index contributed by atoms with van der Waals surface area (Å²) in [6, 6.07) is 11.2. The number of aromatic nitrogens is 2. The lowest BCUT2D eigenvalue weighted by atomic mass is 10.1. The Hall–Kier alpha value is -2.49. The number of rotatable bonds is 7. The van der Waals surface area contributed by atoms with E-state index >= 15 is 0 Å². The monoisotopic (exact) mass is 445 g/mol. The first-order chi connectivity index (χ1) is 14.1. The van der Waals surface area contributed by atoms with Crippen molar-refractivity contribution in [3.05, 3.63) is 91.7 Å². The molecule has 0 bridgehead atoms. The summed E-state index contributed by atoms with van der Waals surface area (Å²) in [6.45, 7) is 0. The van der Waals surface area contributed by atoms with Gasteiger partial charge in [-0.25, -0.2) is 9.37 Å².